The lowest BCUT2D eigenvalue weighted by molar-refractivity contribution is -0.131. The van der Waals surface area contributed by atoms with Crippen LogP contribution >= 0.6 is 0 Å². The van der Waals surface area contributed by atoms with Gasteiger partial charge >= 0.3 is 0 Å². The summed E-state index contributed by atoms with van der Waals surface area (Å²) in [6.45, 7) is 1.91. The molecule has 8 heteroatoms. The number of aromatic nitrogens is 3. The molecule has 0 aliphatic rings. The molecule has 1 atom stereocenters. The maximum atomic E-state index is 12.1. The zero-order chi connectivity index (χ0) is 17.0. The summed E-state index contributed by atoms with van der Waals surface area (Å²) in [6.07, 6.45) is 4.20. The standard InChI is InChI=1S/C15H20N4O3S/c1-12(18(2)15(20)8-9-23(3,21)22)13-4-6-14(7-5-13)19-11-16-10-17-19/h4-7,10-12H,8-9H2,1-3H3. The van der Waals surface area contributed by atoms with Crippen molar-refractivity contribution in [3.8, 4) is 5.69 Å². The van der Waals surface area contributed by atoms with Crippen molar-refractivity contribution in [3.05, 3.63) is 42.5 Å². The van der Waals surface area contributed by atoms with Crippen LogP contribution in [0.4, 0.5) is 0 Å². The number of hydrogen-bond acceptors (Lipinski definition) is 5. The SMILES string of the molecule is CC(c1ccc(-n2cncn2)cc1)N(C)C(=O)CCS(C)(=O)=O. The Morgan fingerprint density at radius 3 is 2.48 bits per heavy atom. The van der Waals surface area contributed by atoms with Gasteiger partial charge < -0.3 is 4.90 Å². The number of amides is 1. The first-order chi connectivity index (χ1) is 10.8. The largest absolute Gasteiger partial charge is 0.339 e. The van der Waals surface area contributed by atoms with Gasteiger partial charge in [-0.05, 0) is 24.6 Å². The lowest BCUT2D eigenvalue weighted by atomic mass is 10.1. The smallest absolute Gasteiger partial charge is 0.223 e. The Kier molecular flexibility index (Phi) is 5.15. The fourth-order valence-corrected chi connectivity index (χ4v) is 2.68. The van der Waals surface area contributed by atoms with Crippen LogP contribution in [-0.4, -0.2) is 53.0 Å². The molecule has 0 fully saturated rings. The molecular weight excluding hydrogens is 316 g/mol. The Morgan fingerprint density at radius 1 is 1.30 bits per heavy atom. The molecular formula is C15H20N4O3S. The molecule has 1 amide bonds. The second kappa shape index (κ2) is 6.91. The van der Waals surface area contributed by atoms with E-state index >= 15 is 0 Å². The summed E-state index contributed by atoms with van der Waals surface area (Å²) in [5.41, 5.74) is 1.84. The molecule has 0 aliphatic carbocycles. The van der Waals surface area contributed by atoms with Crippen LogP contribution in [0.1, 0.15) is 24.9 Å². The van der Waals surface area contributed by atoms with Gasteiger partial charge in [0.25, 0.3) is 0 Å². The third kappa shape index (κ3) is 4.62. The van der Waals surface area contributed by atoms with Gasteiger partial charge in [0, 0.05) is 19.7 Å². The van der Waals surface area contributed by atoms with E-state index in [2.05, 4.69) is 10.1 Å². The predicted octanol–water partition coefficient (Wildman–Crippen LogP) is 1.22. The van der Waals surface area contributed by atoms with Gasteiger partial charge in [-0.2, -0.15) is 5.10 Å². The molecule has 1 heterocycles. The van der Waals surface area contributed by atoms with E-state index < -0.39 is 9.84 Å². The van der Waals surface area contributed by atoms with E-state index in [-0.39, 0.29) is 24.1 Å². The summed E-state index contributed by atoms with van der Waals surface area (Å²) in [5.74, 6) is -0.322. The van der Waals surface area contributed by atoms with E-state index in [1.54, 1.807) is 23.0 Å². The quantitative estimate of drug-likeness (QED) is 0.792. The molecule has 7 nitrogen and oxygen atoms in total. The topological polar surface area (TPSA) is 85.2 Å². The highest BCUT2D eigenvalue weighted by Crippen LogP contribution is 2.21. The van der Waals surface area contributed by atoms with Crippen molar-refractivity contribution in [1.82, 2.24) is 19.7 Å². The zero-order valence-corrected chi connectivity index (χ0v) is 14.2. The lowest BCUT2D eigenvalue weighted by Gasteiger charge is -2.25. The Labute approximate surface area is 135 Å². The van der Waals surface area contributed by atoms with Crippen molar-refractivity contribution in [2.75, 3.05) is 19.1 Å². The van der Waals surface area contributed by atoms with Crippen LogP contribution in [0.15, 0.2) is 36.9 Å². The summed E-state index contributed by atoms with van der Waals surface area (Å²) in [4.78, 5) is 17.6. The minimum Gasteiger partial charge on any atom is -0.339 e. The monoisotopic (exact) mass is 336 g/mol. The average Bonchev–Trinajstić information content (AvgIpc) is 3.05. The first-order valence-electron chi connectivity index (χ1n) is 7.16. The van der Waals surface area contributed by atoms with Gasteiger partial charge in [0.05, 0.1) is 17.5 Å². The molecule has 0 radical (unpaired) electrons. The second-order valence-corrected chi connectivity index (χ2v) is 7.75. The van der Waals surface area contributed by atoms with Gasteiger partial charge in [0.2, 0.25) is 5.91 Å². The summed E-state index contributed by atoms with van der Waals surface area (Å²) in [5, 5.41) is 4.06. The molecule has 1 unspecified atom stereocenters. The van der Waals surface area contributed by atoms with Crippen LogP contribution in [-0.2, 0) is 14.6 Å². The first-order valence-corrected chi connectivity index (χ1v) is 9.22. The van der Waals surface area contributed by atoms with E-state index in [1.807, 2.05) is 31.2 Å². The van der Waals surface area contributed by atoms with E-state index in [4.69, 9.17) is 0 Å². The van der Waals surface area contributed by atoms with E-state index in [0.717, 1.165) is 17.5 Å². The molecule has 124 valence electrons. The predicted molar refractivity (Wildman–Crippen MR) is 86.9 cm³/mol. The molecule has 23 heavy (non-hydrogen) atoms. The van der Waals surface area contributed by atoms with Crippen LogP contribution in [0, 0.1) is 0 Å². The van der Waals surface area contributed by atoms with Crippen molar-refractivity contribution in [2.24, 2.45) is 0 Å². The van der Waals surface area contributed by atoms with Crippen LogP contribution < -0.4 is 0 Å². The Hall–Kier alpha value is -2.22. The Bertz CT molecular complexity index is 755. The highest BCUT2D eigenvalue weighted by atomic mass is 32.2. The third-order valence-corrected chi connectivity index (χ3v) is 4.67. The summed E-state index contributed by atoms with van der Waals surface area (Å²) >= 11 is 0. The summed E-state index contributed by atoms with van der Waals surface area (Å²) in [7, 11) is -1.46. The van der Waals surface area contributed by atoms with Crippen molar-refractivity contribution in [1.29, 1.82) is 0 Å². The highest BCUT2D eigenvalue weighted by molar-refractivity contribution is 7.90. The van der Waals surface area contributed by atoms with E-state index in [1.165, 1.54) is 6.33 Å². The second-order valence-electron chi connectivity index (χ2n) is 5.49. The van der Waals surface area contributed by atoms with Crippen LogP contribution in [0.25, 0.3) is 5.69 Å². The normalized spacial score (nSPS) is 12.8. The van der Waals surface area contributed by atoms with E-state index in [0.29, 0.717) is 0 Å². The molecule has 1 aromatic heterocycles. The fourth-order valence-electron chi connectivity index (χ4n) is 2.14. The number of carbonyl (C=O) groups is 1. The molecule has 0 saturated heterocycles. The van der Waals surface area contributed by atoms with Crippen molar-refractivity contribution < 1.29 is 13.2 Å². The minimum absolute atomic E-state index is 0.00326. The number of nitrogens with zero attached hydrogens (tertiary/aromatic N) is 4. The maximum Gasteiger partial charge on any atom is 0.223 e. The van der Waals surface area contributed by atoms with Crippen molar-refractivity contribution in [2.45, 2.75) is 19.4 Å². The van der Waals surface area contributed by atoms with Gasteiger partial charge in [-0.1, -0.05) is 12.1 Å². The van der Waals surface area contributed by atoms with Crippen LogP contribution in [0.5, 0.6) is 0 Å². The van der Waals surface area contributed by atoms with Crippen LogP contribution in [0.3, 0.4) is 0 Å². The number of carbonyl (C=O) groups excluding carboxylic acids is 1. The number of benzene rings is 1. The number of rotatable bonds is 6. The molecule has 0 aliphatic heterocycles. The maximum absolute atomic E-state index is 12.1. The first kappa shape index (κ1) is 17.1. The molecule has 1 aromatic carbocycles. The average molecular weight is 336 g/mol. The Balaban J connectivity index is 2.04. The van der Waals surface area contributed by atoms with E-state index in [9.17, 15) is 13.2 Å². The molecule has 2 rings (SSSR count). The highest BCUT2D eigenvalue weighted by Gasteiger charge is 2.18. The summed E-state index contributed by atoms with van der Waals surface area (Å²) in [6, 6.07) is 7.49. The Morgan fingerprint density at radius 2 is 1.96 bits per heavy atom. The number of sulfone groups is 1. The molecule has 0 bridgehead atoms. The van der Waals surface area contributed by atoms with Crippen molar-refractivity contribution >= 4 is 15.7 Å². The third-order valence-electron chi connectivity index (χ3n) is 3.72. The lowest BCUT2D eigenvalue weighted by Crippen LogP contribution is -2.30. The van der Waals surface area contributed by atoms with Gasteiger partial charge in [-0.3, -0.25) is 4.79 Å². The van der Waals surface area contributed by atoms with Gasteiger partial charge in [-0.25, -0.2) is 18.1 Å². The van der Waals surface area contributed by atoms with Gasteiger partial charge in [0.1, 0.15) is 22.5 Å². The van der Waals surface area contributed by atoms with Gasteiger partial charge in [0.15, 0.2) is 0 Å². The summed E-state index contributed by atoms with van der Waals surface area (Å²) < 4.78 is 24.0. The molecule has 0 N–H and O–H groups in total. The fraction of sp³-hybridized carbons (Fsp3) is 0.400. The zero-order valence-electron chi connectivity index (χ0n) is 13.4. The molecule has 2 aromatic rings. The van der Waals surface area contributed by atoms with Crippen molar-refractivity contribution in [3.63, 3.8) is 0 Å². The minimum atomic E-state index is -3.14. The number of hydrogen-bond donors (Lipinski definition) is 0. The molecule has 0 saturated carbocycles. The van der Waals surface area contributed by atoms with Crippen LogP contribution in [0.2, 0.25) is 0 Å². The van der Waals surface area contributed by atoms with Gasteiger partial charge in [-0.15, -0.1) is 0 Å². The molecule has 0 spiro atoms.